The van der Waals surface area contributed by atoms with Gasteiger partial charge in [-0.15, -0.1) is 0 Å². The van der Waals surface area contributed by atoms with Gasteiger partial charge in [-0.3, -0.25) is 33.7 Å². The zero-order chi connectivity index (χ0) is 34.2. The molecule has 0 saturated heterocycles. The maximum Gasteiger partial charge on any atom is 0.312 e. The number of primary amides is 1. The van der Waals surface area contributed by atoms with Gasteiger partial charge in [-0.2, -0.15) is 5.26 Å². The monoisotopic (exact) mass is 646 g/mol. The number of hydrogen-bond donors (Lipinski definition) is 5. The first-order valence-electron chi connectivity index (χ1n) is 15.9. The normalized spacial score (nSPS) is 44.8. The first kappa shape index (κ1) is 31.6. The molecule has 248 valence electrons. The van der Waals surface area contributed by atoms with Crippen molar-refractivity contribution in [2.75, 3.05) is 14.1 Å². The summed E-state index contributed by atoms with van der Waals surface area (Å²) in [5, 5.41) is 21.7. The third-order valence-electron chi connectivity index (χ3n) is 12.4. The molecule has 2 unspecified atom stereocenters. The molecule has 0 aromatic heterocycles. The number of Topliss-reactive ketones (excluding diaryl/α,β-unsaturated/α-hetero) is 4. The van der Waals surface area contributed by atoms with Crippen molar-refractivity contribution in [3.63, 3.8) is 0 Å². The number of hydrogen-bond acceptors (Lipinski definition) is 13. The van der Waals surface area contributed by atoms with E-state index in [-0.39, 0.29) is 11.1 Å². The van der Waals surface area contributed by atoms with Crippen molar-refractivity contribution in [1.29, 1.82) is 5.26 Å². The number of ketones is 4. The van der Waals surface area contributed by atoms with E-state index in [1.54, 1.807) is 6.07 Å². The number of fused-ring (bicyclic) bond motifs is 3. The second-order valence-corrected chi connectivity index (χ2v) is 15.1. The Morgan fingerprint density at radius 2 is 1.57 bits per heavy atom. The zero-order valence-corrected chi connectivity index (χ0v) is 26.1. The Kier molecular flexibility index (Phi) is 6.55. The Labute approximate surface area is 270 Å². The number of nitrogens with two attached hydrogens (primary N) is 4. The van der Waals surface area contributed by atoms with Crippen molar-refractivity contribution in [1.82, 2.24) is 4.90 Å². The Balaban J connectivity index is 1.50. The van der Waals surface area contributed by atoms with Crippen LogP contribution in [0.3, 0.4) is 0 Å². The molecular weight excluding hydrogens is 608 g/mol. The molecule has 1 amide bonds. The van der Waals surface area contributed by atoms with Gasteiger partial charge in [0, 0.05) is 0 Å². The summed E-state index contributed by atoms with van der Waals surface area (Å²) in [6.45, 7) is 0. The minimum atomic E-state index is -3.12. The van der Waals surface area contributed by atoms with E-state index in [0.717, 1.165) is 19.3 Å². The van der Waals surface area contributed by atoms with E-state index in [4.69, 9.17) is 27.7 Å². The van der Waals surface area contributed by atoms with E-state index in [9.17, 15) is 39.1 Å². The SMILES string of the molecule is CN(C)[C@@H]1C(=O)C(C(N)=O)C(=O)[C@@]2(C#N)C(=O)C3C(=O)c4c(O)cccc4[C@H](N)[C@@]3(N)[C@H](OC(=O)C34CC5CC(CC(C5)C3)C4)[C@@]12N. The summed E-state index contributed by atoms with van der Waals surface area (Å²) >= 11 is 0. The lowest BCUT2D eigenvalue weighted by atomic mass is 9.41. The number of esters is 1. The summed E-state index contributed by atoms with van der Waals surface area (Å²) in [7, 11) is 2.76. The number of benzene rings is 1. The minimum absolute atomic E-state index is 0.0235. The van der Waals surface area contributed by atoms with E-state index >= 15 is 0 Å². The van der Waals surface area contributed by atoms with Gasteiger partial charge in [0.15, 0.2) is 34.5 Å². The number of nitriles is 1. The van der Waals surface area contributed by atoms with Gasteiger partial charge in [-0.25, -0.2) is 0 Å². The van der Waals surface area contributed by atoms with Gasteiger partial charge < -0.3 is 32.8 Å². The van der Waals surface area contributed by atoms with Crippen molar-refractivity contribution >= 4 is 35.0 Å². The standard InChI is InChI=1S/C33H38N6O8/c1-39(2)24-22(42)19(27(36)45)25(43)31(12-34)26(44)20-21(41)18-16(4-3-5-17(18)40)23(35)32(20,37)28(33(24,31)38)47-29(46)30-9-13-6-14(10-30)8-15(7-13)11-30/h3-5,13-15,19-20,23-24,28,40H,6-11,35,37-38H2,1-2H3,(H2,36,45)/t13?,14?,15?,19?,20?,23-,24+,28-,30?,31-,32+,33-/m0/s1. The van der Waals surface area contributed by atoms with Crippen LogP contribution in [0.25, 0.3) is 0 Å². The zero-order valence-electron chi connectivity index (χ0n) is 26.1. The van der Waals surface area contributed by atoms with E-state index in [1.807, 2.05) is 0 Å². The second-order valence-electron chi connectivity index (χ2n) is 15.1. The summed E-state index contributed by atoms with van der Waals surface area (Å²) in [5.74, 6) is -11.3. The Bertz CT molecular complexity index is 1700. The summed E-state index contributed by atoms with van der Waals surface area (Å²) in [4.78, 5) is 86.1. The van der Waals surface area contributed by atoms with E-state index in [2.05, 4.69) is 0 Å². The number of carbonyl (C=O) groups excluding carboxylic acids is 6. The lowest BCUT2D eigenvalue weighted by molar-refractivity contribution is -0.207. The molecule has 6 saturated carbocycles. The molecule has 9 N–H and O–H groups in total. The molecule has 0 radical (unpaired) electrons. The Morgan fingerprint density at radius 1 is 1.00 bits per heavy atom. The Morgan fingerprint density at radius 3 is 2.09 bits per heavy atom. The van der Waals surface area contributed by atoms with Gasteiger partial charge >= 0.3 is 5.97 Å². The average molecular weight is 647 g/mol. The molecular formula is C33H38N6O8. The molecule has 0 spiro atoms. The lowest BCUT2D eigenvalue weighted by Crippen LogP contribution is -2.92. The fourth-order valence-electron chi connectivity index (χ4n) is 11.0. The molecule has 8 atom stereocenters. The topological polar surface area (TPSA) is 263 Å². The maximum absolute atomic E-state index is 14.9. The van der Waals surface area contributed by atoms with Crippen LogP contribution in [0.1, 0.15) is 60.5 Å². The van der Waals surface area contributed by atoms with Crippen LogP contribution in [-0.4, -0.2) is 82.3 Å². The highest BCUT2D eigenvalue weighted by Gasteiger charge is 2.84. The van der Waals surface area contributed by atoms with Crippen LogP contribution < -0.4 is 22.9 Å². The van der Waals surface area contributed by atoms with Gasteiger partial charge in [0.05, 0.1) is 34.7 Å². The van der Waals surface area contributed by atoms with Crippen LogP contribution in [-0.2, 0) is 28.7 Å². The van der Waals surface area contributed by atoms with Crippen LogP contribution in [0.5, 0.6) is 5.75 Å². The van der Waals surface area contributed by atoms with Crippen LogP contribution in [0, 0.1) is 51.8 Å². The summed E-state index contributed by atoms with van der Waals surface area (Å²) in [6.07, 6.45) is 2.52. The number of carbonyl (C=O) groups is 6. The maximum atomic E-state index is 14.9. The predicted octanol–water partition coefficient (Wildman–Crippen LogP) is -0.996. The van der Waals surface area contributed by atoms with E-state index in [1.165, 1.54) is 37.2 Å². The van der Waals surface area contributed by atoms with E-state index in [0.29, 0.717) is 37.0 Å². The summed E-state index contributed by atoms with van der Waals surface area (Å²) in [5.41, 5.74) is 17.1. The number of rotatable bonds is 4. The highest BCUT2D eigenvalue weighted by atomic mass is 16.6. The van der Waals surface area contributed by atoms with Gasteiger partial charge in [0.25, 0.3) is 0 Å². The number of phenolic OH excluding ortho intramolecular Hbond substituents is 1. The average Bonchev–Trinajstić information content (AvgIpc) is 2.97. The second kappa shape index (κ2) is 9.76. The fourth-order valence-corrected chi connectivity index (χ4v) is 11.0. The van der Waals surface area contributed by atoms with E-state index < -0.39 is 92.7 Å². The lowest BCUT2D eigenvalue weighted by Gasteiger charge is -2.65. The molecule has 8 rings (SSSR count). The Hall–Kier alpha value is -4.03. The highest BCUT2D eigenvalue weighted by molar-refractivity contribution is 6.33. The molecule has 1 aromatic rings. The third kappa shape index (κ3) is 3.57. The molecule has 14 heteroatoms. The van der Waals surface area contributed by atoms with Crippen LogP contribution in [0.4, 0.5) is 0 Å². The molecule has 7 aliphatic rings. The van der Waals surface area contributed by atoms with Crippen molar-refractivity contribution in [3.05, 3.63) is 29.3 Å². The first-order valence-corrected chi connectivity index (χ1v) is 15.9. The molecule has 4 bridgehead atoms. The van der Waals surface area contributed by atoms with Gasteiger partial charge in [0.1, 0.15) is 23.3 Å². The molecule has 0 heterocycles. The molecule has 14 nitrogen and oxygen atoms in total. The summed E-state index contributed by atoms with van der Waals surface area (Å²) < 4.78 is 6.40. The molecule has 6 fully saturated rings. The number of phenols is 1. The van der Waals surface area contributed by atoms with Crippen LogP contribution in [0.2, 0.25) is 0 Å². The van der Waals surface area contributed by atoms with Gasteiger partial charge in [-0.1, -0.05) is 12.1 Å². The quantitative estimate of drug-likeness (QED) is 0.194. The first-order chi connectivity index (χ1) is 22.0. The van der Waals surface area contributed by atoms with Crippen LogP contribution in [0.15, 0.2) is 18.2 Å². The minimum Gasteiger partial charge on any atom is -0.507 e. The number of aromatic hydroxyl groups is 1. The number of ether oxygens (including phenoxy) is 1. The molecule has 47 heavy (non-hydrogen) atoms. The molecule has 1 aromatic carbocycles. The number of nitrogens with zero attached hydrogens (tertiary/aromatic N) is 2. The van der Waals surface area contributed by atoms with Crippen LogP contribution >= 0.6 is 0 Å². The highest BCUT2D eigenvalue weighted by Crippen LogP contribution is 2.63. The predicted molar refractivity (Wildman–Crippen MR) is 160 cm³/mol. The molecule has 7 aliphatic carbocycles. The largest absolute Gasteiger partial charge is 0.507 e. The van der Waals surface area contributed by atoms with Crippen molar-refractivity contribution < 1.29 is 38.6 Å². The van der Waals surface area contributed by atoms with Crippen molar-refractivity contribution in [2.24, 2.45) is 63.4 Å². The fraction of sp³-hybridized carbons (Fsp3) is 0.606. The van der Waals surface area contributed by atoms with Gasteiger partial charge in [-0.05, 0) is 82.0 Å². The number of likely N-dealkylation sites (N-methyl/N-ethyl adjacent to an activating group) is 1. The van der Waals surface area contributed by atoms with Crippen molar-refractivity contribution in [2.45, 2.75) is 67.8 Å². The molecule has 0 aliphatic heterocycles. The number of amides is 1. The summed E-state index contributed by atoms with van der Waals surface area (Å²) in [6, 6.07) is 2.41. The smallest absolute Gasteiger partial charge is 0.312 e. The van der Waals surface area contributed by atoms with Gasteiger partial charge in [0.2, 0.25) is 5.91 Å². The van der Waals surface area contributed by atoms with Crippen molar-refractivity contribution in [3.8, 4) is 11.8 Å². The third-order valence-corrected chi connectivity index (χ3v) is 12.4.